The Morgan fingerprint density at radius 2 is 1.86 bits per heavy atom. The van der Waals surface area contributed by atoms with Crippen molar-refractivity contribution < 1.29 is 0 Å². The Morgan fingerprint density at radius 3 is 2.68 bits per heavy atom. The largest absolute Gasteiger partial charge is 0.309 e. The van der Waals surface area contributed by atoms with Crippen LogP contribution in [0.5, 0.6) is 0 Å². The SMILES string of the molecule is O=c1c2c(-c3ccccc3Cl)n3ncnc3nc2ccn1Cc1ccccn1. The zero-order valence-electron chi connectivity index (χ0n) is 14.5. The van der Waals surface area contributed by atoms with Crippen LogP contribution < -0.4 is 5.56 Å². The van der Waals surface area contributed by atoms with Crippen molar-refractivity contribution in [3.8, 4) is 11.3 Å². The number of halogens is 1. The van der Waals surface area contributed by atoms with Crippen molar-refractivity contribution in [1.82, 2.24) is 29.1 Å². The van der Waals surface area contributed by atoms with Crippen molar-refractivity contribution in [2.24, 2.45) is 0 Å². The molecule has 0 atom stereocenters. The van der Waals surface area contributed by atoms with Crippen LogP contribution in [0.25, 0.3) is 27.9 Å². The number of rotatable bonds is 3. The van der Waals surface area contributed by atoms with Crippen molar-refractivity contribution >= 4 is 28.3 Å². The second kappa shape index (κ2) is 6.54. The van der Waals surface area contributed by atoms with Gasteiger partial charge >= 0.3 is 0 Å². The molecule has 0 radical (unpaired) electrons. The van der Waals surface area contributed by atoms with E-state index in [4.69, 9.17) is 11.6 Å². The summed E-state index contributed by atoms with van der Waals surface area (Å²) in [6, 6.07) is 14.8. The number of benzene rings is 1. The lowest BCUT2D eigenvalue weighted by Crippen LogP contribution is -2.22. The molecule has 5 rings (SSSR count). The van der Waals surface area contributed by atoms with E-state index in [9.17, 15) is 4.79 Å². The maximum Gasteiger partial charge on any atom is 0.262 e. The summed E-state index contributed by atoms with van der Waals surface area (Å²) < 4.78 is 3.16. The van der Waals surface area contributed by atoms with Gasteiger partial charge in [-0.25, -0.2) is 4.98 Å². The Hall–Kier alpha value is -3.58. The maximum absolute atomic E-state index is 13.4. The average molecular weight is 389 g/mol. The molecular weight excluding hydrogens is 376 g/mol. The quantitative estimate of drug-likeness (QED) is 0.474. The highest BCUT2D eigenvalue weighted by Gasteiger charge is 2.18. The Labute approximate surface area is 163 Å². The summed E-state index contributed by atoms with van der Waals surface area (Å²) in [6.07, 6.45) is 4.83. The second-order valence-electron chi connectivity index (χ2n) is 6.24. The van der Waals surface area contributed by atoms with E-state index in [-0.39, 0.29) is 5.56 Å². The summed E-state index contributed by atoms with van der Waals surface area (Å²) in [5.74, 6) is 0.407. The molecule has 136 valence electrons. The molecular formula is C20H13ClN6O. The minimum absolute atomic E-state index is 0.192. The van der Waals surface area contributed by atoms with Gasteiger partial charge in [0.1, 0.15) is 6.33 Å². The topological polar surface area (TPSA) is 78.0 Å². The van der Waals surface area contributed by atoms with Gasteiger partial charge < -0.3 is 4.57 Å². The van der Waals surface area contributed by atoms with E-state index >= 15 is 0 Å². The third-order valence-corrected chi connectivity index (χ3v) is 4.86. The third kappa shape index (κ3) is 2.64. The minimum Gasteiger partial charge on any atom is -0.309 e. The summed E-state index contributed by atoms with van der Waals surface area (Å²) in [5, 5.41) is 5.22. The second-order valence-corrected chi connectivity index (χ2v) is 6.65. The Balaban J connectivity index is 1.84. The molecule has 0 saturated heterocycles. The Morgan fingerprint density at radius 1 is 1.00 bits per heavy atom. The summed E-state index contributed by atoms with van der Waals surface area (Å²) >= 11 is 6.45. The molecule has 0 bridgehead atoms. The molecule has 0 aliphatic heterocycles. The molecule has 8 heteroatoms. The van der Waals surface area contributed by atoms with Crippen LogP contribution >= 0.6 is 11.6 Å². The molecule has 0 saturated carbocycles. The van der Waals surface area contributed by atoms with E-state index < -0.39 is 0 Å². The minimum atomic E-state index is -0.192. The average Bonchev–Trinajstić information content (AvgIpc) is 3.18. The van der Waals surface area contributed by atoms with Gasteiger partial charge in [0.2, 0.25) is 0 Å². The van der Waals surface area contributed by atoms with Crippen molar-refractivity contribution in [2.75, 3.05) is 0 Å². The van der Waals surface area contributed by atoms with Crippen LogP contribution in [0, 0.1) is 0 Å². The molecule has 28 heavy (non-hydrogen) atoms. The zero-order chi connectivity index (χ0) is 19.1. The molecule has 0 aliphatic rings. The van der Waals surface area contributed by atoms with Gasteiger partial charge in [0, 0.05) is 23.0 Å². The number of hydrogen-bond acceptors (Lipinski definition) is 5. The van der Waals surface area contributed by atoms with E-state index in [2.05, 4.69) is 20.1 Å². The van der Waals surface area contributed by atoms with Crippen molar-refractivity contribution in [2.45, 2.75) is 6.54 Å². The first-order valence-corrected chi connectivity index (χ1v) is 8.98. The third-order valence-electron chi connectivity index (χ3n) is 4.53. The first kappa shape index (κ1) is 16.6. The smallest absolute Gasteiger partial charge is 0.262 e. The Kier molecular flexibility index (Phi) is 3.87. The van der Waals surface area contributed by atoms with Crippen LogP contribution in [-0.2, 0) is 6.54 Å². The van der Waals surface area contributed by atoms with Crippen LogP contribution in [0.15, 0.2) is 72.0 Å². The van der Waals surface area contributed by atoms with E-state index in [1.165, 1.54) is 6.33 Å². The van der Waals surface area contributed by atoms with Gasteiger partial charge in [-0.2, -0.15) is 14.6 Å². The van der Waals surface area contributed by atoms with Gasteiger partial charge in [0.05, 0.1) is 28.8 Å². The standard InChI is InChI=1S/C20H13ClN6O/c21-15-7-2-1-6-14(15)18-17-16(25-20-23-12-24-27(18)20)8-10-26(19(17)28)11-13-5-3-4-9-22-13/h1-10,12H,11H2. The van der Waals surface area contributed by atoms with Gasteiger partial charge in [0.25, 0.3) is 11.3 Å². The van der Waals surface area contributed by atoms with Crippen LogP contribution in [-0.4, -0.2) is 29.1 Å². The fourth-order valence-electron chi connectivity index (χ4n) is 3.26. The molecule has 0 unspecified atom stereocenters. The molecule has 5 aromatic rings. The Bertz CT molecular complexity index is 1380. The van der Waals surface area contributed by atoms with Crippen LogP contribution in [0.4, 0.5) is 0 Å². The molecule has 4 aromatic heterocycles. The highest BCUT2D eigenvalue weighted by Crippen LogP contribution is 2.31. The molecule has 0 N–H and O–H groups in total. The van der Waals surface area contributed by atoms with Crippen molar-refractivity contribution in [3.63, 3.8) is 0 Å². The highest BCUT2D eigenvalue weighted by molar-refractivity contribution is 6.33. The lowest BCUT2D eigenvalue weighted by atomic mass is 10.1. The van der Waals surface area contributed by atoms with Gasteiger partial charge in [-0.1, -0.05) is 35.9 Å². The predicted octanol–water partition coefficient (Wildman–Crippen LogP) is 3.20. The summed E-state index contributed by atoms with van der Waals surface area (Å²) in [6.45, 7) is 0.354. The van der Waals surface area contributed by atoms with Crippen LogP contribution in [0.3, 0.4) is 0 Å². The van der Waals surface area contributed by atoms with E-state index in [0.29, 0.717) is 39.5 Å². The summed E-state index contributed by atoms with van der Waals surface area (Å²) in [7, 11) is 0. The number of hydrogen-bond donors (Lipinski definition) is 0. The summed E-state index contributed by atoms with van der Waals surface area (Å²) in [5.41, 5.74) is 2.40. The van der Waals surface area contributed by atoms with Gasteiger partial charge in [-0.3, -0.25) is 9.78 Å². The molecule has 0 aliphatic carbocycles. The fraction of sp³-hybridized carbons (Fsp3) is 0.0500. The van der Waals surface area contributed by atoms with Crippen LogP contribution in [0.1, 0.15) is 5.69 Å². The zero-order valence-corrected chi connectivity index (χ0v) is 15.3. The lowest BCUT2D eigenvalue weighted by molar-refractivity contribution is 0.745. The van der Waals surface area contributed by atoms with E-state index in [0.717, 1.165) is 5.69 Å². The van der Waals surface area contributed by atoms with Gasteiger partial charge in [-0.15, -0.1) is 0 Å². The molecule has 0 amide bonds. The van der Waals surface area contributed by atoms with Gasteiger partial charge in [0.15, 0.2) is 0 Å². The normalized spacial score (nSPS) is 11.3. The lowest BCUT2D eigenvalue weighted by Gasteiger charge is -2.12. The van der Waals surface area contributed by atoms with E-state index in [1.54, 1.807) is 33.6 Å². The van der Waals surface area contributed by atoms with Crippen molar-refractivity contribution in [1.29, 1.82) is 0 Å². The molecule has 0 fully saturated rings. The molecule has 4 heterocycles. The maximum atomic E-state index is 13.4. The highest BCUT2D eigenvalue weighted by atomic mass is 35.5. The number of fused-ring (bicyclic) bond motifs is 2. The molecule has 1 aromatic carbocycles. The number of aromatic nitrogens is 6. The van der Waals surface area contributed by atoms with E-state index in [1.807, 2.05) is 36.4 Å². The summed E-state index contributed by atoms with van der Waals surface area (Å²) in [4.78, 5) is 26.4. The molecule has 7 nitrogen and oxygen atoms in total. The first-order chi connectivity index (χ1) is 13.7. The number of nitrogens with zero attached hydrogens (tertiary/aromatic N) is 6. The van der Waals surface area contributed by atoms with Crippen LogP contribution in [0.2, 0.25) is 5.02 Å². The fourth-order valence-corrected chi connectivity index (χ4v) is 3.48. The monoisotopic (exact) mass is 388 g/mol. The first-order valence-electron chi connectivity index (χ1n) is 8.60. The number of pyridine rings is 2. The van der Waals surface area contributed by atoms with Gasteiger partial charge in [-0.05, 0) is 24.3 Å². The van der Waals surface area contributed by atoms with Crippen molar-refractivity contribution in [3.05, 3.63) is 88.3 Å². The molecule has 0 spiro atoms. The predicted molar refractivity (Wildman–Crippen MR) is 106 cm³/mol.